The summed E-state index contributed by atoms with van der Waals surface area (Å²) in [4.78, 5) is 25.7. The highest BCUT2D eigenvalue weighted by molar-refractivity contribution is 6.06. The van der Waals surface area contributed by atoms with Crippen molar-refractivity contribution in [2.45, 2.75) is 6.42 Å². The summed E-state index contributed by atoms with van der Waals surface area (Å²) in [6.07, 6.45) is -0.701. The number of anilines is 1. The van der Waals surface area contributed by atoms with E-state index < -0.39 is 70.8 Å². The van der Waals surface area contributed by atoms with Gasteiger partial charge in [0.15, 0.2) is 5.78 Å². The van der Waals surface area contributed by atoms with Crippen LogP contribution < -0.4 is 4.90 Å². The van der Waals surface area contributed by atoms with E-state index in [1.165, 1.54) is 0 Å². The number of hydrogen-bond donors (Lipinski definition) is 0. The predicted molar refractivity (Wildman–Crippen MR) is 99.5 cm³/mol. The van der Waals surface area contributed by atoms with Crippen molar-refractivity contribution in [2.75, 3.05) is 11.4 Å². The van der Waals surface area contributed by atoms with Crippen LogP contribution in [0.2, 0.25) is 0 Å². The Balaban J connectivity index is 1.98. The van der Waals surface area contributed by atoms with Gasteiger partial charge in [-0.15, -0.1) is 0 Å². The fourth-order valence-corrected chi connectivity index (χ4v) is 2.97. The Morgan fingerprint density at radius 2 is 1.19 bits per heavy atom. The minimum absolute atomic E-state index is 0.145. The smallest absolute Gasteiger partial charge is 0.232 e. The van der Waals surface area contributed by atoms with E-state index in [9.17, 15) is 35.9 Å². The molecule has 0 aromatic heterocycles. The SMILES string of the molecule is O=C(CN(C(=O)Cc1cc(F)cc(F)c1)c1c(F)cccc1F)c1cc(F)cc(F)c1. The molecule has 9 heteroatoms. The number of amides is 1. The Hall–Kier alpha value is -3.62. The highest BCUT2D eigenvalue weighted by Gasteiger charge is 2.26. The Bertz CT molecular complexity index is 1100. The molecule has 0 atom stereocenters. The molecule has 3 rings (SSSR count). The molecule has 3 aromatic rings. The summed E-state index contributed by atoms with van der Waals surface area (Å²) in [6, 6.07) is 6.91. The van der Waals surface area contributed by atoms with Gasteiger partial charge in [0.05, 0.1) is 13.0 Å². The van der Waals surface area contributed by atoms with Gasteiger partial charge < -0.3 is 0 Å². The minimum atomic E-state index is -1.18. The molecule has 0 fully saturated rings. The first-order valence-electron chi connectivity index (χ1n) is 8.82. The van der Waals surface area contributed by atoms with Crippen molar-refractivity contribution in [3.63, 3.8) is 0 Å². The average Bonchev–Trinajstić information content (AvgIpc) is 2.65. The molecule has 0 bridgehead atoms. The zero-order valence-electron chi connectivity index (χ0n) is 15.6. The molecule has 1 amide bonds. The molecule has 0 saturated heterocycles. The molecule has 0 spiro atoms. The number of Topliss-reactive ketones (excluding diaryl/α,β-unsaturated/α-hetero) is 1. The van der Waals surface area contributed by atoms with E-state index in [0.29, 0.717) is 29.2 Å². The van der Waals surface area contributed by atoms with Crippen molar-refractivity contribution in [3.8, 4) is 0 Å². The lowest BCUT2D eigenvalue weighted by Crippen LogP contribution is -2.38. The number of hydrogen-bond acceptors (Lipinski definition) is 2. The van der Waals surface area contributed by atoms with Crippen LogP contribution in [0.3, 0.4) is 0 Å². The van der Waals surface area contributed by atoms with Gasteiger partial charge in [-0.25, -0.2) is 26.3 Å². The summed E-state index contributed by atoms with van der Waals surface area (Å²) in [5.41, 5.74) is -1.49. The molecular formula is C22H13F6NO2. The van der Waals surface area contributed by atoms with Gasteiger partial charge in [-0.05, 0) is 42.0 Å². The lowest BCUT2D eigenvalue weighted by atomic mass is 10.1. The van der Waals surface area contributed by atoms with E-state index in [0.717, 1.165) is 30.3 Å². The second-order valence-corrected chi connectivity index (χ2v) is 6.59. The third-order valence-corrected chi connectivity index (χ3v) is 4.27. The van der Waals surface area contributed by atoms with Gasteiger partial charge in [0, 0.05) is 17.7 Å². The summed E-state index contributed by atoms with van der Waals surface area (Å²) in [6.45, 7) is -0.975. The monoisotopic (exact) mass is 437 g/mol. The molecule has 0 radical (unpaired) electrons. The van der Waals surface area contributed by atoms with Crippen molar-refractivity contribution in [2.24, 2.45) is 0 Å². The molecule has 0 N–H and O–H groups in total. The number of ketones is 1. The number of rotatable bonds is 6. The number of nitrogens with zero attached hydrogens (tertiary/aromatic N) is 1. The lowest BCUT2D eigenvalue weighted by molar-refractivity contribution is -0.118. The highest BCUT2D eigenvalue weighted by Crippen LogP contribution is 2.25. The van der Waals surface area contributed by atoms with Crippen LogP contribution in [0, 0.1) is 34.9 Å². The molecule has 160 valence electrons. The quantitative estimate of drug-likeness (QED) is 0.403. The molecule has 0 aliphatic rings. The fourth-order valence-electron chi connectivity index (χ4n) is 2.97. The summed E-state index contributed by atoms with van der Waals surface area (Å²) in [5.74, 6) is -8.52. The first kappa shape index (κ1) is 22.1. The van der Waals surface area contributed by atoms with Crippen LogP contribution in [0.15, 0.2) is 54.6 Å². The molecule has 3 nitrogen and oxygen atoms in total. The van der Waals surface area contributed by atoms with E-state index in [-0.39, 0.29) is 5.56 Å². The standard InChI is InChI=1S/C22H13F6NO2/c23-14-4-12(5-15(24)9-14)6-21(31)29(22-18(27)2-1-3-19(22)28)11-20(30)13-7-16(25)10-17(26)8-13/h1-5,7-10H,6,11H2. The van der Waals surface area contributed by atoms with E-state index in [1.54, 1.807) is 0 Å². The van der Waals surface area contributed by atoms with Gasteiger partial charge >= 0.3 is 0 Å². The second kappa shape index (κ2) is 9.03. The van der Waals surface area contributed by atoms with Gasteiger partial charge in [0.1, 0.15) is 40.6 Å². The predicted octanol–water partition coefficient (Wildman–Crippen LogP) is 4.98. The summed E-state index contributed by atoms with van der Waals surface area (Å²) in [7, 11) is 0. The molecular weight excluding hydrogens is 424 g/mol. The van der Waals surface area contributed by atoms with E-state index in [1.807, 2.05) is 0 Å². The van der Waals surface area contributed by atoms with E-state index in [2.05, 4.69) is 0 Å². The van der Waals surface area contributed by atoms with E-state index >= 15 is 0 Å². The molecule has 0 saturated carbocycles. The highest BCUT2D eigenvalue weighted by atomic mass is 19.2. The van der Waals surface area contributed by atoms with Crippen molar-refractivity contribution < 1.29 is 35.9 Å². The summed E-state index contributed by atoms with van der Waals surface area (Å²) >= 11 is 0. The van der Waals surface area contributed by atoms with E-state index in [4.69, 9.17) is 0 Å². The third-order valence-electron chi connectivity index (χ3n) is 4.27. The maximum Gasteiger partial charge on any atom is 0.232 e. The van der Waals surface area contributed by atoms with Crippen LogP contribution in [-0.2, 0) is 11.2 Å². The second-order valence-electron chi connectivity index (χ2n) is 6.59. The number of para-hydroxylation sites is 1. The third kappa shape index (κ3) is 5.30. The molecule has 31 heavy (non-hydrogen) atoms. The van der Waals surface area contributed by atoms with Crippen LogP contribution in [-0.4, -0.2) is 18.2 Å². The fraction of sp³-hybridized carbons (Fsp3) is 0.0909. The van der Waals surface area contributed by atoms with Gasteiger partial charge in [-0.3, -0.25) is 14.5 Å². The topological polar surface area (TPSA) is 37.4 Å². The molecule has 0 aliphatic heterocycles. The Kier molecular flexibility index (Phi) is 6.43. The molecule has 0 unspecified atom stereocenters. The van der Waals surface area contributed by atoms with Gasteiger partial charge in [0.2, 0.25) is 5.91 Å². The lowest BCUT2D eigenvalue weighted by Gasteiger charge is -2.23. The Labute approximate surface area is 172 Å². The van der Waals surface area contributed by atoms with Gasteiger partial charge in [-0.2, -0.15) is 0 Å². The maximum atomic E-state index is 14.3. The number of benzene rings is 3. The molecule has 0 heterocycles. The number of carbonyl (C=O) groups excluding carboxylic acids is 2. The van der Waals surface area contributed by atoms with Crippen molar-refractivity contribution in [1.82, 2.24) is 0 Å². The Morgan fingerprint density at radius 1 is 0.710 bits per heavy atom. The van der Waals surface area contributed by atoms with Crippen LogP contribution in [0.4, 0.5) is 32.0 Å². The number of carbonyl (C=O) groups is 2. The zero-order chi connectivity index (χ0) is 22.7. The zero-order valence-corrected chi connectivity index (χ0v) is 15.6. The largest absolute Gasteiger partial charge is 0.299 e. The number of halogens is 6. The van der Waals surface area contributed by atoms with Crippen molar-refractivity contribution in [3.05, 3.63) is 101 Å². The van der Waals surface area contributed by atoms with Crippen LogP contribution in [0.1, 0.15) is 15.9 Å². The molecule has 0 aliphatic carbocycles. The van der Waals surface area contributed by atoms with Crippen LogP contribution in [0.25, 0.3) is 0 Å². The van der Waals surface area contributed by atoms with Crippen LogP contribution >= 0.6 is 0 Å². The van der Waals surface area contributed by atoms with Crippen molar-refractivity contribution in [1.29, 1.82) is 0 Å². The maximum absolute atomic E-state index is 14.3. The summed E-state index contributed by atoms with van der Waals surface area (Å²) < 4.78 is 82.4. The van der Waals surface area contributed by atoms with Gasteiger partial charge in [0.25, 0.3) is 0 Å². The first-order valence-corrected chi connectivity index (χ1v) is 8.82. The Morgan fingerprint density at radius 3 is 1.71 bits per heavy atom. The normalized spacial score (nSPS) is 10.8. The van der Waals surface area contributed by atoms with Crippen molar-refractivity contribution >= 4 is 17.4 Å². The minimum Gasteiger partial charge on any atom is -0.299 e. The summed E-state index contributed by atoms with van der Waals surface area (Å²) in [5, 5.41) is 0. The average molecular weight is 437 g/mol. The first-order chi connectivity index (χ1) is 14.6. The molecule has 3 aromatic carbocycles. The van der Waals surface area contributed by atoms with Gasteiger partial charge in [-0.1, -0.05) is 6.07 Å². The van der Waals surface area contributed by atoms with Crippen LogP contribution in [0.5, 0.6) is 0 Å².